The summed E-state index contributed by atoms with van der Waals surface area (Å²) in [5, 5.41) is 0.446. The molecule has 0 atom stereocenters. The molecule has 0 N–H and O–H groups in total. The van der Waals surface area contributed by atoms with E-state index in [1.54, 1.807) is 24.3 Å². The average molecular weight is 367 g/mol. The highest BCUT2D eigenvalue weighted by Gasteiger charge is 2.14. The maximum Gasteiger partial charge on any atom is 0.311 e. The molecule has 4 nitrogen and oxygen atoms in total. The summed E-state index contributed by atoms with van der Waals surface area (Å²) in [6.45, 7) is 3.90. The Morgan fingerprint density at radius 1 is 0.917 bits per heavy atom. The smallest absolute Gasteiger partial charge is 0.311 e. The first-order chi connectivity index (χ1) is 11.4. The van der Waals surface area contributed by atoms with Crippen molar-refractivity contribution >= 4 is 35.1 Å². The average Bonchev–Trinajstić information content (AvgIpc) is 2.53. The van der Waals surface area contributed by atoms with Crippen LogP contribution in [0.5, 0.6) is 11.5 Å². The maximum absolute atomic E-state index is 11.8. The molecular weight excluding hydrogens is 351 g/mol. The second-order valence-corrected chi connectivity index (χ2v) is 6.03. The summed E-state index contributed by atoms with van der Waals surface area (Å²) in [6.07, 6.45) is -0.212. The number of benzene rings is 2. The third-order valence-electron chi connectivity index (χ3n) is 3.38. The summed E-state index contributed by atoms with van der Waals surface area (Å²) in [4.78, 5) is 23.6. The van der Waals surface area contributed by atoms with Gasteiger partial charge in [0.05, 0.1) is 17.9 Å². The number of esters is 2. The fraction of sp³-hybridized carbons (Fsp3) is 0.222. The molecule has 0 aliphatic carbocycles. The van der Waals surface area contributed by atoms with Crippen LogP contribution in [0, 0.1) is 13.8 Å². The SMILES string of the molecule is Cc1ccc(OC(=O)CCC(=O)Oc2cccc(Cl)c2Cl)cc1C. The largest absolute Gasteiger partial charge is 0.427 e. The molecule has 0 saturated heterocycles. The second-order valence-electron chi connectivity index (χ2n) is 5.25. The van der Waals surface area contributed by atoms with Crippen molar-refractivity contribution in [2.45, 2.75) is 26.7 Å². The lowest BCUT2D eigenvalue weighted by molar-refractivity contribution is -0.140. The van der Waals surface area contributed by atoms with Gasteiger partial charge >= 0.3 is 11.9 Å². The number of rotatable bonds is 5. The minimum Gasteiger partial charge on any atom is -0.427 e. The Morgan fingerprint density at radius 3 is 2.25 bits per heavy atom. The molecule has 0 saturated carbocycles. The van der Waals surface area contributed by atoms with Crippen molar-refractivity contribution in [3.63, 3.8) is 0 Å². The van der Waals surface area contributed by atoms with Crippen molar-refractivity contribution in [3.8, 4) is 11.5 Å². The molecule has 0 heterocycles. The van der Waals surface area contributed by atoms with Gasteiger partial charge in [-0.3, -0.25) is 9.59 Å². The van der Waals surface area contributed by atoms with Crippen LogP contribution in [0.2, 0.25) is 10.0 Å². The molecule has 0 aromatic heterocycles. The highest BCUT2D eigenvalue weighted by molar-refractivity contribution is 6.43. The van der Waals surface area contributed by atoms with E-state index in [4.69, 9.17) is 32.7 Å². The summed E-state index contributed by atoms with van der Waals surface area (Å²) in [5.41, 5.74) is 2.13. The third kappa shape index (κ3) is 4.98. The molecule has 0 fully saturated rings. The van der Waals surface area contributed by atoms with Crippen molar-refractivity contribution in [2.75, 3.05) is 0 Å². The zero-order valence-corrected chi connectivity index (χ0v) is 14.8. The van der Waals surface area contributed by atoms with E-state index >= 15 is 0 Å². The van der Waals surface area contributed by atoms with E-state index in [0.29, 0.717) is 5.75 Å². The van der Waals surface area contributed by atoms with Gasteiger partial charge < -0.3 is 9.47 Å². The van der Waals surface area contributed by atoms with E-state index < -0.39 is 11.9 Å². The van der Waals surface area contributed by atoms with Crippen LogP contribution < -0.4 is 9.47 Å². The van der Waals surface area contributed by atoms with Crippen LogP contribution in [0.15, 0.2) is 36.4 Å². The molecule has 0 radical (unpaired) electrons. The van der Waals surface area contributed by atoms with Gasteiger partial charge in [0.1, 0.15) is 10.8 Å². The van der Waals surface area contributed by atoms with E-state index in [1.807, 2.05) is 19.9 Å². The minimum atomic E-state index is -0.587. The number of carbonyl (C=O) groups is 2. The molecule has 0 spiro atoms. The molecule has 0 unspecified atom stereocenters. The first-order valence-electron chi connectivity index (χ1n) is 7.29. The van der Waals surface area contributed by atoms with E-state index in [0.717, 1.165) is 11.1 Å². The van der Waals surface area contributed by atoms with Crippen LogP contribution in [0.1, 0.15) is 24.0 Å². The third-order valence-corrected chi connectivity index (χ3v) is 4.18. The van der Waals surface area contributed by atoms with Gasteiger partial charge in [-0.05, 0) is 49.2 Å². The number of hydrogen-bond acceptors (Lipinski definition) is 4. The number of halogens is 2. The lowest BCUT2D eigenvalue weighted by atomic mass is 10.1. The standard InChI is InChI=1S/C18H16Cl2O4/c1-11-6-7-13(10-12(11)2)23-16(21)8-9-17(22)24-15-5-3-4-14(19)18(15)20/h3-7,10H,8-9H2,1-2H3. The minimum absolute atomic E-state index is 0.0933. The van der Waals surface area contributed by atoms with Gasteiger partial charge in [0.2, 0.25) is 0 Å². The first-order valence-corrected chi connectivity index (χ1v) is 8.05. The Hall–Kier alpha value is -2.04. The van der Waals surface area contributed by atoms with Gasteiger partial charge in [0.25, 0.3) is 0 Å². The Kier molecular flexibility index (Phi) is 6.23. The Labute approximate surface area is 150 Å². The zero-order chi connectivity index (χ0) is 17.7. The van der Waals surface area contributed by atoms with Gasteiger partial charge in [0, 0.05) is 0 Å². The topological polar surface area (TPSA) is 52.6 Å². The molecular formula is C18H16Cl2O4. The molecule has 0 bridgehead atoms. The van der Waals surface area contributed by atoms with Gasteiger partial charge in [-0.25, -0.2) is 0 Å². The van der Waals surface area contributed by atoms with Crippen LogP contribution in [0.3, 0.4) is 0 Å². The zero-order valence-electron chi connectivity index (χ0n) is 13.3. The second kappa shape index (κ2) is 8.18. The van der Waals surface area contributed by atoms with Crippen LogP contribution in [-0.2, 0) is 9.59 Å². The summed E-state index contributed by atoms with van der Waals surface area (Å²) in [5.74, 6) is -0.477. The molecule has 6 heteroatoms. The van der Waals surface area contributed by atoms with Gasteiger partial charge in [0.15, 0.2) is 5.75 Å². The lowest BCUT2D eigenvalue weighted by Gasteiger charge is -2.08. The predicted octanol–water partition coefficient (Wildman–Crippen LogP) is 4.90. The molecule has 0 aliphatic heterocycles. The normalized spacial score (nSPS) is 10.3. The fourth-order valence-corrected chi connectivity index (χ4v) is 2.23. The molecule has 24 heavy (non-hydrogen) atoms. The molecule has 0 aliphatic rings. The van der Waals surface area contributed by atoms with Crippen molar-refractivity contribution in [1.82, 2.24) is 0 Å². The van der Waals surface area contributed by atoms with E-state index in [2.05, 4.69) is 0 Å². The number of carbonyl (C=O) groups excluding carboxylic acids is 2. The summed E-state index contributed by atoms with van der Waals surface area (Å²) >= 11 is 11.8. The monoisotopic (exact) mass is 366 g/mol. The van der Waals surface area contributed by atoms with E-state index in [9.17, 15) is 9.59 Å². The Balaban J connectivity index is 1.86. The molecule has 2 aromatic carbocycles. The van der Waals surface area contributed by atoms with Crippen molar-refractivity contribution < 1.29 is 19.1 Å². The lowest BCUT2D eigenvalue weighted by Crippen LogP contribution is -2.14. The van der Waals surface area contributed by atoms with Gasteiger partial charge in [-0.2, -0.15) is 0 Å². The molecule has 2 aromatic rings. The van der Waals surface area contributed by atoms with Crippen molar-refractivity contribution in [1.29, 1.82) is 0 Å². The Bertz CT molecular complexity index is 772. The predicted molar refractivity (Wildman–Crippen MR) is 92.9 cm³/mol. The van der Waals surface area contributed by atoms with Crippen LogP contribution in [0.4, 0.5) is 0 Å². The number of aryl methyl sites for hydroxylation is 2. The summed E-state index contributed by atoms with van der Waals surface area (Å²) in [6, 6.07) is 10.1. The highest BCUT2D eigenvalue weighted by atomic mass is 35.5. The highest BCUT2D eigenvalue weighted by Crippen LogP contribution is 2.31. The number of hydrogen-bond donors (Lipinski definition) is 0. The van der Waals surface area contributed by atoms with Crippen LogP contribution in [0.25, 0.3) is 0 Å². The summed E-state index contributed by atoms with van der Waals surface area (Å²) in [7, 11) is 0. The van der Waals surface area contributed by atoms with Crippen molar-refractivity contribution in [3.05, 3.63) is 57.6 Å². The van der Waals surface area contributed by atoms with Gasteiger partial charge in [-0.1, -0.05) is 35.3 Å². The summed E-state index contributed by atoms with van der Waals surface area (Å²) < 4.78 is 10.3. The maximum atomic E-state index is 11.8. The quantitative estimate of drug-likeness (QED) is 0.557. The molecule has 2 rings (SSSR count). The molecule has 126 valence electrons. The van der Waals surface area contributed by atoms with E-state index in [1.165, 1.54) is 6.07 Å². The number of ether oxygens (including phenoxy) is 2. The van der Waals surface area contributed by atoms with Crippen LogP contribution in [-0.4, -0.2) is 11.9 Å². The fourth-order valence-electron chi connectivity index (χ4n) is 1.90. The molecule has 0 amide bonds. The first kappa shape index (κ1) is 18.3. The van der Waals surface area contributed by atoms with E-state index in [-0.39, 0.29) is 28.6 Å². The van der Waals surface area contributed by atoms with Crippen molar-refractivity contribution in [2.24, 2.45) is 0 Å². The van der Waals surface area contributed by atoms with Crippen LogP contribution >= 0.6 is 23.2 Å². The Morgan fingerprint density at radius 2 is 1.58 bits per heavy atom. The van der Waals surface area contributed by atoms with Gasteiger partial charge in [-0.15, -0.1) is 0 Å².